The van der Waals surface area contributed by atoms with Crippen LogP contribution in [0, 0.1) is 0 Å². The lowest BCUT2D eigenvalue weighted by Crippen LogP contribution is -2.35. The number of amides is 2. The van der Waals surface area contributed by atoms with E-state index in [-0.39, 0.29) is 0 Å². The average molecular weight is 346 g/mol. The summed E-state index contributed by atoms with van der Waals surface area (Å²) in [4.78, 5) is 23.0. The first-order valence-electron chi connectivity index (χ1n) is 7.85. The number of rotatable bonds is 6. The van der Waals surface area contributed by atoms with Gasteiger partial charge in [-0.3, -0.25) is 9.59 Å². The van der Waals surface area contributed by atoms with Gasteiger partial charge in [0.2, 0.25) is 0 Å². The van der Waals surface area contributed by atoms with E-state index in [0.29, 0.717) is 0 Å². The lowest BCUT2D eigenvalue weighted by atomic mass is 10.2. The van der Waals surface area contributed by atoms with E-state index in [1.54, 1.807) is 12.2 Å². The first-order chi connectivity index (χ1) is 12.8. The van der Waals surface area contributed by atoms with E-state index < -0.39 is 11.8 Å². The van der Waals surface area contributed by atoms with Crippen molar-refractivity contribution in [1.82, 2.24) is 10.9 Å². The Labute approximate surface area is 151 Å². The molecule has 2 aromatic carbocycles. The summed E-state index contributed by atoms with van der Waals surface area (Å²) in [7, 11) is 0. The molecule has 0 atom stereocenters. The van der Waals surface area contributed by atoms with Crippen LogP contribution in [0.4, 0.5) is 0 Å². The van der Waals surface area contributed by atoms with Crippen molar-refractivity contribution < 1.29 is 9.59 Å². The van der Waals surface area contributed by atoms with Crippen LogP contribution in [0.2, 0.25) is 0 Å². The predicted molar refractivity (Wildman–Crippen MR) is 104 cm³/mol. The van der Waals surface area contributed by atoms with Crippen LogP contribution in [0.5, 0.6) is 0 Å². The van der Waals surface area contributed by atoms with Gasteiger partial charge < -0.3 is 0 Å². The Morgan fingerprint density at radius 1 is 0.654 bits per heavy atom. The largest absolute Gasteiger partial charge is 0.331 e. The van der Waals surface area contributed by atoms with Crippen molar-refractivity contribution in [2.24, 2.45) is 10.2 Å². The van der Waals surface area contributed by atoms with Crippen LogP contribution in [-0.4, -0.2) is 24.2 Å². The molecule has 0 bridgehead atoms. The molecule has 0 saturated heterocycles. The third-order valence-corrected chi connectivity index (χ3v) is 3.04. The molecule has 2 amide bonds. The Bertz CT molecular complexity index is 754. The van der Waals surface area contributed by atoms with E-state index in [4.69, 9.17) is 0 Å². The number of carbonyl (C=O) groups is 2. The van der Waals surface area contributed by atoms with Gasteiger partial charge in [-0.1, -0.05) is 72.8 Å². The van der Waals surface area contributed by atoms with Crippen molar-refractivity contribution in [2.75, 3.05) is 0 Å². The van der Waals surface area contributed by atoms with Gasteiger partial charge in [-0.05, 0) is 23.3 Å². The molecule has 0 aliphatic carbocycles. The quantitative estimate of drug-likeness (QED) is 0.479. The maximum Gasteiger partial charge on any atom is 0.331 e. The molecule has 2 rings (SSSR count). The van der Waals surface area contributed by atoms with Crippen LogP contribution in [0.25, 0.3) is 12.2 Å². The van der Waals surface area contributed by atoms with Crippen LogP contribution >= 0.6 is 0 Å². The number of hydrazone groups is 2. The Kier molecular flexibility index (Phi) is 7.76. The molecule has 0 aromatic heterocycles. The van der Waals surface area contributed by atoms with Gasteiger partial charge in [0.05, 0.1) is 0 Å². The summed E-state index contributed by atoms with van der Waals surface area (Å²) in [6, 6.07) is 19.2. The molecule has 2 aromatic rings. The summed E-state index contributed by atoms with van der Waals surface area (Å²) < 4.78 is 0. The van der Waals surface area contributed by atoms with Gasteiger partial charge in [0.25, 0.3) is 0 Å². The van der Waals surface area contributed by atoms with E-state index in [0.717, 1.165) is 11.1 Å². The van der Waals surface area contributed by atoms with Gasteiger partial charge in [0.15, 0.2) is 0 Å². The molecule has 0 aliphatic rings. The van der Waals surface area contributed by atoms with Gasteiger partial charge in [0, 0.05) is 12.4 Å². The van der Waals surface area contributed by atoms with Crippen LogP contribution in [-0.2, 0) is 9.59 Å². The topological polar surface area (TPSA) is 82.9 Å². The highest BCUT2D eigenvalue weighted by molar-refractivity contribution is 6.35. The summed E-state index contributed by atoms with van der Waals surface area (Å²) in [6.07, 6.45) is 9.70. The zero-order valence-electron chi connectivity index (χ0n) is 13.9. The van der Waals surface area contributed by atoms with Crippen molar-refractivity contribution >= 4 is 36.4 Å². The summed E-state index contributed by atoms with van der Waals surface area (Å²) in [5, 5.41) is 7.31. The Hall–Kier alpha value is -3.80. The SMILES string of the molecule is O=C(NN=C/C=C/c1ccccc1)C(=O)N/N=C/C=C/c1ccccc1. The summed E-state index contributed by atoms with van der Waals surface area (Å²) in [5.41, 5.74) is 6.22. The highest BCUT2D eigenvalue weighted by Gasteiger charge is 2.10. The second-order valence-electron chi connectivity index (χ2n) is 4.98. The zero-order chi connectivity index (χ0) is 18.5. The molecule has 6 nitrogen and oxygen atoms in total. The molecule has 0 radical (unpaired) electrons. The van der Waals surface area contributed by atoms with Gasteiger partial charge in [-0.25, -0.2) is 10.9 Å². The maximum absolute atomic E-state index is 11.5. The Morgan fingerprint density at radius 2 is 1.04 bits per heavy atom. The summed E-state index contributed by atoms with van der Waals surface area (Å²) in [5.74, 6) is -1.81. The minimum atomic E-state index is -0.904. The van der Waals surface area contributed by atoms with Gasteiger partial charge in [0.1, 0.15) is 0 Å². The number of carbonyl (C=O) groups excluding carboxylic acids is 2. The molecular formula is C20H18N4O2. The first-order valence-corrected chi connectivity index (χ1v) is 7.85. The third-order valence-electron chi connectivity index (χ3n) is 3.04. The lowest BCUT2D eigenvalue weighted by molar-refractivity contribution is -0.139. The fraction of sp³-hybridized carbons (Fsp3) is 0. The second-order valence-corrected chi connectivity index (χ2v) is 4.98. The van der Waals surface area contributed by atoms with E-state index in [9.17, 15) is 9.59 Å². The van der Waals surface area contributed by atoms with Gasteiger partial charge in [-0.2, -0.15) is 10.2 Å². The van der Waals surface area contributed by atoms with Crippen molar-refractivity contribution in [3.63, 3.8) is 0 Å². The number of benzene rings is 2. The van der Waals surface area contributed by atoms with Crippen LogP contribution < -0.4 is 10.9 Å². The predicted octanol–water partition coefficient (Wildman–Crippen LogP) is 2.62. The van der Waals surface area contributed by atoms with E-state index >= 15 is 0 Å². The molecule has 130 valence electrons. The zero-order valence-corrected chi connectivity index (χ0v) is 13.9. The number of hydrogen-bond donors (Lipinski definition) is 2. The number of nitrogens with one attached hydrogen (secondary N) is 2. The molecule has 2 N–H and O–H groups in total. The molecule has 0 saturated carbocycles. The van der Waals surface area contributed by atoms with Gasteiger partial charge >= 0.3 is 11.8 Å². The standard InChI is InChI=1S/C20H18N4O2/c25-19(23-21-15-7-13-17-9-3-1-4-10-17)20(26)24-22-16-8-14-18-11-5-2-6-12-18/h1-16H,(H,23,25)(H,24,26)/b13-7+,14-8+,21-15+,22-16?. The molecule has 0 heterocycles. The number of nitrogens with zero attached hydrogens (tertiary/aromatic N) is 2. The highest BCUT2D eigenvalue weighted by Crippen LogP contribution is 2.00. The lowest BCUT2D eigenvalue weighted by Gasteiger charge is -1.96. The fourth-order valence-electron chi connectivity index (χ4n) is 1.82. The van der Waals surface area contributed by atoms with Crippen LogP contribution in [0.3, 0.4) is 0 Å². The van der Waals surface area contributed by atoms with Gasteiger partial charge in [-0.15, -0.1) is 0 Å². The number of hydrogen-bond acceptors (Lipinski definition) is 4. The van der Waals surface area contributed by atoms with Crippen LogP contribution in [0.15, 0.2) is 83.0 Å². The van der Waals surface area contributed by atoms with Crippen molar-refractivity contribution in [1.29, 1.82) is 0 Å². The normalized spacial score (nSPS) is 11.5. The molecule has 0 fully saturated rings. The maximum atomic E-state index is 11.5. The molecule has 0 aliphatic heterocycles. The minimum absolute atomic E-state index is 0.904. The second kappa shape index (κ2) is 10.9. The monoisotopic (exact) mass is 346 g/mol. The summed E-state index contributed by atoms with van der Waals surface area (Å²) in [6.45, 7) is 0. The van der Waals surface area contributed by atoms with E-state index in [2.05, 4.69) is 21.1 Å². The number of allylic oxidation sites excluding steroid dienone is 2. The highest BCUT2D eigenvalue weighted by atomic mass is 16.2. The molecule has 6 heteroatoms. The third kappa shape index (κ3) is 7.18. The Morgan fingerprint density at radius 3 is 1.42 bits per heavy atom. The van der Waals surface area contributed by atoms with Crippen molar-refractivity contribution in [3.8, 4) is 0 Å². The average Bonchev–Trinajstić information content (AvgIpc) is 2.68. The smallest absolute Gasteiger partial charge is 0.262 e. The first kappa shape index (κ1) is 18.5. The molecular weight excluding hydrogens is 328 g/mol. The van der Waals surface area contributed by atoms with E-state index in [1.807, 2.05) is 72.8 Å². The van der Waals surface area contributed by atoms with Crippen molar-refractivity contribution in [3.05, 3.63) is 83.9 Å². The minimum Gasteiger partial charge on any atom is -0.262 e. The van der Waals surface area contributed by atoms with Crippen molar-refractivity contribution in [2.45, 2.75) is 0 Å². The molecule has 0 unspecified atom stereocenters. The van der Waals surface area contributed by atoms with Crippen LogP contribution in [0.1, 0.15) is 11.1 Å². The Balaban J connectivity index is 1.69. The summed E-state index contributed by atoms with van der Waals surface area (Å²) >= 11 is 0. The molecule has 0 spiro atoms. The fourth-order valence-corrected chi connectivity index (χ4v) is 1.82. The molecule has 26 heavy (non-hydrogen) atoms. The van der Waals surface area contributed by atoms with E-state index in [1.165, 1.54) is 12.4 Å².